The molecule has 0 saturated heterocycles. The zero-order valence-corrected chi connectivity index (χ0v) is 11.9. The number of nitriles is 1. The van der Waals surface area contributed by atoms with Gasteiger partial charge in [0.25, 0.3) is 0 Å². The van der Waals surface area contributed by atoms with Crippen molar-refractivity contribution in [3.63, 3.8) is 0 Å². The van der Waals surface area contributed by atoms with E-state index >= 15 is 0 Å². The molecule has 1 heterocycles. The molecule has 2 N–H and O–H groups in total. The van der Waals surface area contributed by atoms with E-state index in [1.807, 2.05) is 6.92 Å². The van der Waals surface area contributed by atoms with Gasteiger partial charge in [0.2, 0.25) is 0 Å². The van der Waals surface area contributed by atoms with E-state index in [1.54, 1.807) is 13.0 Å². The summed E-state index contributed by atoms with van der Waals surface area (Å²) in [6.45, 7) is 4.01. The Morgan fingerprint density at radius 2 is 2.15 bits per heavy atom. The number of rotatable bonds is 4. The highest BCUT2D eigenvalue weighted by Crippen LogP contribution is 2.38. The highest BCUT2D eigenvalue weighted by molar-refractivity contribution is 5.76. The number of carbonyl (C=O) groups is 1. The Morgan fingerprint density at radius 1 is 1.50 bits per heavy atom. The van der Waals surface area contributed by atoms with Gasteiger partial charge in [0.05, 0.1) is 22.4 Å². The van der Waals surface area contributed by atoms with E-state index < -0.39 is 11.4 Å². The Balaban J connectivity index is 2.23. The third kappa shape index (κ3) is 2.60. The van der Waals surface area contributed by atoms with Gasteiger partial charge in [-0.2, -0.15) is 5.26 Å². The van der Waals surface area contributed by atoms with Crippen LogP contribution >= 0.6 is 0 Å². The van der Waals surface area contributed by atoms with Crippen LogP contribution in [0.2, 0.25) is 0 Å². The largest absolute Gasteiger partial charge is 0.481 e. The molecule has 1 saturated carbocycles. The topological polar surface area (TPSA) is 86.0 Å². The van der Waals surface area contributed by atoms with Crippen LogP contribution in [-0.2, 0) is 4.79 Å². The summed E-state index contributed by atoms with van der Waals surface area (Å²) in [6.07, 6.45) is 3.29. The molecular weight excluding hydrogens is 254 g/mol. The van der Waals surface area contributed by atoms with E-state index in [4.69, 9.17) is 0 Å². The number of hydrogen-bond donors (Lipinski definition) is 2. The van der Waals surface area contributed by atoms with Gasteiger partial charge in [-0.05, 0) is 32.8 Å². The molecule has 5 heteroatoms. The van der Waals surface area contributed by atoms with E-state index in [0.717, 1.165) is 18.5 Å². The Labute approximate surface area is 118 Å². The fraction of sp³-hybridized carbons (Fsp3) is 0.533. The van der Waals surface area contributed by atoms with Crippen molar-refractivity contribution in [1.29, 1.82) is 5.26 Å². The van der Waals surface area contributed by atoms with Crippen LogP contribution in [0.3, 0.4) is 0 Å². The van der Waals surface area contributed by atoms with Gasteiger partial charge in [-0.1, -0.05) is 12.8 Å². The fourth-order valence-corrected chi connectivity index (χ4v) is 2.89. The van der Waals surface area contributed by atoms with E-state index in [-0.39, 0.29) is 0 Å². The average molecular weight is 273 g/mol. The van der Waals surface area contributed by atoms with Gasteiger partial charge in [-0.15, -0.1) is 0 Å². The molecule has 106 valence electrons. The molecule has 0 atom stereocenters. The van der Waals surface area contributed by atoms with E-state index in [9.17, 15) is 15.2 Å². The van der Waals surface area contributed by atoms with Crippen LogP contribution < -0.4 is 5.32 Å². The number of anilines is 1. The number of hydrogen-bond acceptors (Lipinski definition) is 4. The van der Waals surface area contributed by atoms with Crippen molar-refractivity contribution in [2.75, 3.05) is 11.9 Å². The highest BCUT2D eigenvalue weighted by atomic mass is 16.4. The van der Waals surface area contributed by atoms with Crippen LogP contribution in [0.5, 0.6) is 0 Å². The number of nitrogens with one attached hydrogen (secondary N) is 1. The second kappa shape index (κ2) is 5.49. The van der Waals surface area contributed by atoms with Crippen molar-refractivity contribution >= 4 is 11.7 Å². The van der Waals surface area contributed by atoms with Gasteiger partial charge < -0.3 is 10.4 Å². The SMILES string of the molecule is Cc1cc(NCC2(C(=O)O)CCCC2)c(C#N)c(C)n1. The maximum atomic E-state index is 11.5. The molecule has 1 aliphatic carbocycles. The average Bonchev–Trinajstić information content (AvgIpc) is 2.86. The molecule has 0 aromatic carbocycles. The molecule has 0 bridgehead atoms. The molecule has 0 amide bonds. The highest BCUT2D eigenvalue weighted by Gasteiger charge is 2.41. The zero-order chi connectivity index (χ0) is 14.8. The quantitative estimate of drug-likeness (QED) is 0.880. The minimum Gasteiger partial charge on any atom is -0.481 e. The summed E-state index contributed by atoms with van der Waals surface area (Å²) < 4.78 is 0. The Kier molecular flexibility index (Phi) is 3.93. The Hall–Kier alpha value is -2.09. The second-order valence-corrected chi connectivity index (χ2v) is 5.53. The monoisotopic (exact) mass is 273 g/mol. The Morgan fingerprint density at radius 3 is 2.70 bits per heavy atom. The molecule has 1 aromatic rings. The molecule has 20 heavy (non-hydrogen) atoms. The van der Waals surface area contributed by atoms with Crippen LogP contribution in [0.15, 0.2) is 6.07 Å². The van der Waals surface area contributed by atoms with Crippen LogP contribution in [0.4, 0.5) is 5.69 Å². The minimum absolute atomic E-state index is 0.361. The summed E-state index contributed by atoms with van der Waals surface area (Å²) in [5.41, 5.74) is 1.97. The predicted octanol–water partition coefficient (Wildman–Crippen LogP) is 2.63. The molecule has 0 radical (unpaired) electrons. The number of carboxylic acids is 1. The molecular formula is C15H19N3O2. The molecule has 1 aliphatic rings. The predicted molar refractivity (Wildman–Crippen MR) is 75.5 cm³/mol. The summed E-state index contributed by atoms with van der Waals surface area (Å²) in [4.78, 5) is 15.8. The lowest BCUT2D eigenvalue weighted by molar-refractivity contribution is -0.147. The lowest BCUT2D eigenvalue weighted by atomic mass is 9.86. The summed E-state index contributed by atoms with van der Waals surface area (Å²) in [7, 11) is 0. The Bertz CT molecular complexity index is 569. The van der Waals surface area contributed by atoms with Gasteiger partial charge >= 0.3 is 5.97 Å². The van der Waals surface area contributed by atoms with Crippen molar-refractivity contribution in [2.45, 2.75) is 39.5 Å². The molecule has 1 fully saturated rings. The van der Waals surface area contributed by atoms with Gasteiger partial charge in [0, 0.05) is 12.2 Å². The number of nitrogens with zero attached hydrogens (tertiary/aromatic N) is 2. The number of aromatic nitrogens is 1. The first-order valence-electron chi connectivity index (χ1n) is 6.84. The van der Waals surface area contributed by atoms with E-state index in [0.29, 0.717) is 36.3 Å². The maximum Gasteiger partial charge on any atom is 0.311 e. The summed E-state index contributed by atoms with van der Waals surface area (Å²) >= 11 is 0. The van der Waals surface area contributed by atoms with Crippen LogP contribution in [-0.4, -0.2) is 22.6 Å². The van der Waals surface area contributed by atoms with Crippen molar-refractivity contribution in [3.05, 3.63) is 23.0 Å². The molecule has 0 aliphatic heterocycles. The minimum atomic E-state index is -0.747. The summed E-state index contributed by atoms with van der Waals surface area (Å²) in [6, 6.07) is 3.94. The van der Waals surface area contributed by atoms with Crippen LogP contribution in [0.1, 0.15) is 42.6 Å². The third-order valence-corrected chi connectivity index (χ3v) is 4.07. The standard InChI is InChI=1S/C15H19N3O2/c1-10-7-13(12(8-16)11(2)18-10)17-9-15(14(19)20)5-3-4-6-15/h7H,3-6,9H2,1-2H3,(H,17,18)(H,19,20). The molecule has 5 nitrogen and oxygen atoms in total. The van der Waals surface area contributed by atoms with Gasteiger partial charge in [-0.3, -0.25) is 9.78 Å². The molecule has 1 aromatic heterocycles. The van der Waals surface area contributed by atoms with Crippen molar-refractivity contribution < 1.29 is 9.90 Å². The molecule has 2 rings (SSSR count). The van der Waals surface area contributed by atoms with E-state index in [1.165, 1.54) is 0 Å². The maximum absolute atomic E-state index is 11.5. The summed E-state index contributed by atoms with van der Waals surface area (Å²) in [5.74, 6) is -0.747. The van der Waals surface area contributed by atoms with Crippen molar-refractivity contribution in [3.8, 4) is 6.07 Å². The van der Waals surface area contributed by atoms with Crippen LogP contribution in [0, 0.1) is 30.6 Å². The first-order valence-corrected chi connectivity index (χ1v) is 6.84. The lowest BCUT2D eigenvalue weighted by Gasteiger charge is -2.25. The van der Waals surface area contributed by atoms with Crippen LogP contribution in [0.25, 0.3) is 0 Å². The van der Waals surface area contributed by atoms with Crippen molar-refractivity contribution in [2.24, 2.45) is 5.41 Å². The number of aryl methyl sites for hydroxylation is 2. The first-order chi connectivity index (χ1) is 9.48. The normalized spacial score (nSPS) is 16.6. The van der Waals surface area contributed by atoms with Gasteiger partial charge in [0.1, 0.15) is 6.07 Å². The number of carboxylic acid groups (broad SMARTS) is 1. The number of pyridine rings is 1. The zero-order valence-electron chi connectivity index (χ0n) is 11.9. The lowest BCUT2D eigenvalue weighted by Crippen LogP contribution is -2.35. The van der Waals surface area contributed by atoms with Gasteiger partial charge in [0.15, 0.2) is 0 Å². The fourth-order valence-electron chi connectivity index (χ4n) is 2.89. The van der Waals surface area contributed by atoms with E-state index in [2.05, 4.69) is 16.4 Å². The summed E-state index contributed by atoms with van der Waals surface area (Å²) in [5, 5.41) is 21.8. The molecule has 0 unspecified atom stereocenters. The first kappa shape index (κ1) is 14.3. The third-order valence-electron chi connectivity index (χ3n) is 4.07. The van der Waals surface area contributed by atoms with Crippen molar-refractivity contribution in [1.82, 2.24) is 4.98 Å². The number of aliphatic carboxylic acids is 1. The smallest absolute Gasteiger partial charge is 0.311 e. The molecule has 0 spiro atoms. The van der Waals surface area contributed by atoms with Gasteiger partial charge in [-0.25, -0.2) is 0 Å². The second-order valence-electron chi connectivity index (χ2n) is 5.53.